The molecule has 20 heavy (non-hydrogen) atoms. The van der Waals surface area contributed by atoms with Gasteiger partial charge in [0.05, 0.1) is 26.4 Å². The summed E-state index contributed by atoms with van der Waals surface area (Å²) < 4.78 is 22.4. The van der Waals surface area contributed by atoms with Crippen LogP contribution < -0.4 is 9.47 Å². The highest BCUT2D eigenvalue weighted by Gasteiger charge is 2.14. The van der Waals surface area contributed by atoms with Crippen LogP contribution in [0.2, 0.25) is 0 Å². The second-order valence-electron chi connectivity index (χ2n) is 4.82. The van der Waals surface area contributed by atoms with Gasteiger partial charge in [0, 0.05) is 23.5 Å². The van der Waals surface area contributed by atoms with Gasteiger partial charge in [-0.05, 0) is 24.6 Å². The molecule has 1 aromatic carbocycles. The first-order valence-corrected chi connectivity index (χ1v) is 8.16. The third-order valence-corrected chi connectivity index (χ3v) is 4.26. The molecule has 0 saturated carbocycles. The lowest BCUT2D eigenvalue weighted by molar-refractivity contribution is -0.178. The van der Waals surface area contributed by atoms with Gasteiger partial charge in [0.25, 0.3) is 0 Å². The fraction of sp³-hybridized carbons (Fsp3) is 0.600. The monoisotopic (exact) mass is 296 g/mol. The van der Waals surface area contributed by atoms with E-state index in [-0.39, 0.29) is 6.29 Å². The Labute approximate surface area is 123 Å². The summed E-state index contributed by atoms with van der Waals surface area (Å²) in [5, 5.41) is 0. The van der Waals surface area contributed by atoms with Crippen molar-refractivity contribution in [3.63, 3.8) is 0 Å². The van der Waals surface area contributed by atoms with Crippen molar-refractivity contribution < 1.29 is 18.9 Å². The summed E-state index contributed by atoms with van der Waals surface area (Å²) in [5.74, 6) is 2.69. The van der Waals surface area contributed by atoms with Crippen LogP contribution in [0.15, 0.2) is 23.1 Å². The van der Waals surface area contributed by atoms with Crippen LogP contribution in [0.3, 0.4) is 0 Å². The predicted molar refractivity (Wildman–Crippen MR) is 77.7 cm³/mol. The summed E-state index contributed by atoms with van der Waals surface area (Å²) in [6.45, 7) is 3.10. The van der Waals surface area contributed by atoms with E-state index in [1.807, 2.05) is 6.07 Å². The molecule has 4 nitrogen and oxygen atoms in total. The lowest BCUT2D eigenvalue weighted by Gasteiger charge is -2.22. The summed E-state index contributed by atoms with van der Waals surface area (Å²) in [5.41, 5.74) is 0. The number of ether oxygens (including phenoxy) is 4. The summed E-state index contributed by atoms with van der Waals surface area (Å²) in [4.78, 5) is 1.20. The minimum atomic E-state index is -0.0309. The molecule has 1 fully saturated rings. The van der Waals surface area contributed by atoms with Gasteiger partial charge in [-0.25, -0.2) is 0 Å². The van der Waals surface area contributed by atoms with Crippen molar-refractivity contribution in [1.29, 1.82) is 0 Å². The van der Waals surface area contributed by atoms with Gasteiger partial charge >= 0.3 is 0 Å². The molecule has 1 aromatic rings. The molecule has 0 unspecified atom stereocenters. The molecule has 3 rings (SSSR count). The Hall–Kier alpha value is -0.910. The highest BCUT2D eigenvalue weighted by atomic mass is 32.2. The standard InChI is InChI=1S/C15H20O4S/c1-6-16-13-4-3-12(11-14(13)17-7-1)20-10-5-15-18-8-2-9-19-15/h3-4,11,15H,1-2,5-10H2. The number of thioether (sulfide) groups is 1. The molecule has 0 spiro atoms. The zero-order valence-electron chi connectivity index (χ0n) is 11.5. The smallest absolute Gasteiger partial charge is 0.162 e. The maximum Gasteiger partial charge on any atom is 0.162 e. The highest BCUT2D eigenvalue weighted by Crippen LogP contribution is 2.34. The first-order chi connectivity index (χ1) is 9.92. The van der Waals surface area contributed by atoms with Crippen molar-refractivity contribution in [3.05, 3.63) is 18.2 Å². The Bertz CT molecular complexity index is 432. The lowest BCUT2D eigenvalue weighted by atomic mass is 10.3. The minimum Gasteiger partial charge on any atom is -0.490 e. The van der Waals surface area contributed by atoms with Crippen molar-refractivity contribution in [2.45, 2.75) is 30.4 Å². The van der Waals surface area contributed by atoms with Gasteiger partial charge < -0.3 is 18.9 Å². The molecule has 2 heterocycles. The zero-order valence-corrected chi connectivity index (χ0v) is 12.3. The molecule has 0 aromatic heterocycles. The van der Waals surface area contributed by atoms with Crippen LogP contribution in [0.1, 0.15) is 19.3 Å². The van der Waals surface area contributed by atoms with Crippen molar-refractivity contribution >= 4 is 11.8 Å². The number of hydrogen-bond donors (Lipinski definition) is 0. The van der Waals surface area contributed by atoms with E-state index in [9.17, 15) is 0 Å². The van der Waals surface area contributed by atoms with Crippen LogP contribution in [0, 0.1) is 0 Å². The number of fused-ring (bicyclic) bond motifs is 1. The first-order valence-electron chi connectivity index (χ1n) is 7.17. The van der Waals surface area contributed by atoms with Gasteiger partial charge in [0.1, 0.15) is 0 Å². The highest BCUT2D eigenvalue weighted by molar-refractivity contribution is 7.99. The normalized spacial score (nSPS) is 19.6. The fourth-order valence-corrected chi connectivity index (χ4v) is 3.11. The molecule has 0 aliphatic carbocycles. The Morgan fingerprint density at radius 2 is 1.70 bits per heavy atom. The third kappa shape index (κ3) is 3.81. The predicted octanol–water partition coefficient (Wildman–Crippen LogP) is 3.09. The van der Waals surface area contributed by atoms with Crippen molar-refractivity contribution in [1.82, 2.24) is 0 Å². The molecular weight excluding hydrogens is 276 g/mol. The molecule has 0 atom stereocenters. The quantitative estimate of drug-likeness (QED) is 0.798. The minimum absolute atomic E-state index is 0.0309. The average Bonchev–Trinajstić information content (AvgIpc) is 2.73. The van der Waals surface area contributed by atoms with Crippen LogP contribution >= 0.6 is 11.8 Å². The van der Waals surface area contributed by atoms with Gasteiger partial charge in [0.15, 0.2) is 17.8 Å². The van der Waals surface area contributed by atoms with Crippen LogP contribution in [0.5, 0.6) is 11.5 Å². The Morgan fingerprint density at radius 3 is 2.55 bits per heavy atom. The topological polar surface area (TPSA) is 36.9 Å². The molecular formula is C15H20O4S. The largest absolute Gasteiger partial charge is 0.490 e. The molecule has 110 valence electrons. The summed E-state index contributed by atoms with van der Waals surface area (Å²) in [6, 6.07) is 6.14. The van der Waals surface area contributed by atoms with Crippen LogP contribution in [0.4, 0.5) is 0 Å². The van der Waals surface area contributed by atoms with E-state index in [4.69, 9.17) is 18.9 Å². The van der Waals surface area contributed by atoms with Gasteiger partial charge in [-0.1, -0.05) is 0 Å². The van der Waals surface area contributed by atoms with E-state index in [1.54, 1.807) is 11.8 Å². The second kappa shape index (κ2) is 7.20. The van der Waals surface area contributed by atoms with E-state index < -0.39 is 0 Å². The van der Waals surface area contributed by atoms with Crippen molar-refractivity contribution in [2.24, 2.45) is 0 Å². The van der Waals surface area contributed by atoms with Crippen LogP contribution in [-0.4, -0.2) is 38.5 Å². The van der Waals surface area contributed by atoms with E-state index in [0.29, 0.717) is 0 Å². The first kappa shape index (κ1) is 14.0. The molecule has 2 aliphatic rings. The van der Waals surface area contributed by atoms with Crippen LogP contribution in [0.25, 0.3) is 0 Å². The Balaban J connectivity index is 1.51. The molecule has 1 saturated heterocycles. The summed E-state index contributed by atoms with van der Waals surface area (Å²) in [7, 11) is 0. The molecule has 0 bridgehead atoms. The molecule has 2 aliphatic heterocycles. The van der Waals surface area contributed by atoms with E-state index >= 15 is 0 Å². The molecule has 5 heteroatoms. The molecule has 0 N–H and O–H groups in total. The summed E-state index contributed by atoms with van der Waals surface area (Å²) >= 11 is 1.80. The van der Waals surface area contributed by atoms with Gasteiger partial charge in [0.2, 0.25) is 0 Å². The van der Waals surface area contributed by atoms with Gasteiger partial charge in [-0.15, -0.1) is 11.8 Å². The lowest BCUT2D eigenvalue weighted by Crippen LogP contribution is -2.25. The average molecular weight is 296 g/mol. The second-order valence-corrected chi connectivity index (χ2v) is 5.99. The maximum absolute atomic E-state index is 5.70. The maximum atomic E-state index is 5.70. The zero-order chi connectivity index (χ0) is 13.6. The number of rotatable bonds is 4. The van der Waals surface area contributed by atoms with Crippen molar-refractivity contribution in [3.8, 4) is 11.5 Å². The molecule has 0 radical (unpaired) electrons. The van der Waals surface area contributed by atoms with Gasteiger partial charge in [-0.3, -0.25) is 0 Å². The molecule has 0 amide bonds. The van der Waals surface area contributed by atoms with E-state index in [2.05, 4.69) is 12.1 Å². The number of benzene rings is 1. The number of hydrogen-bond acceptors (Lipinski definition) is 5. The summed E-state index contributed by atoms with van der Waals surface area (Å²) in [6.07, 6.45) is 2.83. The van der Waals surface area contributed by atoms with E-state index in [0.717, 1.165) is 62.9 Å². The van der Waals surface area contributed by atoms with Crippen molar-refractivity contribution in [2.75, 3.05) is 32.2 Å². The van der Waals surface area contributed by atoms with Crippen LogP contribution in [-0.2, 0) is 9.47 Å². The third-order valence-electron chi connectivity index (χ3n) is 3.24. The van der Waals surface area contributed by atoms with Gasteiger partial charge in [-0.2, -0.15) is 0 Å². The fourth-order valence-electron chi connectivity index (χ4n) is 2.21. The Kier molecular flexibility index (Phi) is 5.06. The Morgan fingerprint density at radius 1 is 0.950 bits per heavy atom. The van der Waals surface area contributed by atoms with E-state index in [1.165, 1.54) is 4.90 Å². The SMILES string of the molecule is c1cc2c(cc1SCCC1OCCCO1)OCCCO2.